The summed E-state index contributed by atoms with van der Waals surface area (Å²) in [5.41, 5.74) is 0.897. The molecule has 2 fully saturated rings. The molecular weight excluding hydrogens is 328 g/mol. The Labute approximate surface area is 146 Å². The van der Waals surface area contributed by atoms with Crippen LogP contribution in [0.5, 0.6) is 5.75 Å². The van der Waals surface area contributed by atoms with E-state index in [9.17, 15) is 4.79 Å². The van der Waals surface area contributed by atoms with Crippen LogP contribution in [-0.4, -0.2) is 46.9 Å². The van der Waals surface area contributed by atoms with Crippen LogP contribution in [0.25, 0.3) is 6.08 Å². The first-order valence-electron chi connectivity index (χ1n) is 7.80. The summed E-state index contributed by atoms with van der Waals surface area (Å²) < 4.78 is 5.99. The smallest absolute Gasteiger partial charge is 0.267 e. The van der Waals surface area contributed by atoms with Gasteiger partial charge in [0.05, 0.1) is 18.7 Å². The maximum absolute atomic E-state index is 12.7. The molecule has 2 aliphatic rings. The lowest BCUT2D eigenvalue weighted by Crippen LogP contribution is -2.42. The van der Waals surface area contributed by atoms with Crippen LogP contribution in [0.1, 0.15) is 24.8 Å². The minimum Gasteiger partial charge on any atom is -0.496 e. The fourth-order valence-electron chi connectivity index (χ4n) is 2.85. The molecule has 23 heavy (non-hydrogen) atoms. The highest BCUT2D eigenvalue weighted by molar-refractivity contribution is 8.26. The molecule has 2 aliphatic heterocycles. The summed E-state index contributed by atoms with van der Waals surface area (Å²) in [5.74, 6) is 0.755. The highest BCUT2D eigenvalue weighted by Crippen LogP contribution is 2.34. The first-order valence-corrected chi connectivity index (χ1v) is 9.02. The maximum Gasteiger partial charge on any atom is 0.267 e. The molecule has 3 rings (SSSR count). The standard InChI is InChI=1S/C17H20N2O2S2/c1-21-14-8-4-3-7-13(14)11-15-16(20)19(17(22)23-15)12-18-9-5-2-6-10-18/h3-4,7-8,11H,2,5-6,9-10,12H2,1H3/b15-11-. The molecule has 1 aromatic carbocycles. The summed E-state index contributed by atoms with van der Waals surface area (Å²) >= 11 is 6.78. The van der Waals surface area contributed by atoms with Crippen molar-refractivity contribution < 1.29 is 9.53 Å². The van der Waals surface area contributed by atoms with E-state index in [0.717, 1.165) is 24.4 Å². The number of carbonyl (C=O) groups excluding carboxylic acids is 1. The molecule has 1 amide bonds. The molecule has 4 nitrogen and oxygen atoms in total. The lowest BCUT2D eigenvalue weighted by atomic mass is 10.1. The normalized spacial score (nSPS) is 21.3. The van der Waals surface area contributed by atoms with E-state index in [-0.39, 0.29) is 5.91 Å². The molecule has 0 aliphatic carbocycles. The van der Waals surface area contributed by atoms with Crippen molar-refractivity contribution in [2.24, 2.45) is 0 Å². The van der Waals surface area contributed by atoms with Crippen molar-refractivity contribution in [2.45, 2.75) is 19.3 Å². The van der Waals surface area contributed by atoms with Crippen molar-refractivity contribution in [1.29, 1.82) is 0 Å². The Hall–Kier alpha value is -1.37. The average Bonchev–Trinajstić information content (AvgIpc) is 2.84. The Bertz CT molecular complexity index is 639. The van der Waals surface area contributed by atoms with Crippen LogP contribution in [-0.2, 0) is 4.79 Å². The fraction of sp³-hybridized carbons (Fsp3) is 0.412. The Morgan fingerprint density at radius 2 is 2.00 bits per heavy atom. The van der Waals surface area contributed by atoms with E-state index in [2.05, 4.69) is 4.90 Å². The zero-order chi connectivity index (χ0) is 16.2. The Morgan fingerprint density at radius 3 is 2.74 bits per heavy atom. The van der Waals surface area contributed by atoms with Crippen molar-refractivity contribution in [3.05, 3.63) is 34.7 Å². The van der Waals surface area contributed by atoms with Gasteiger partial charge in [0.1, 0.15) is 10.1 Å². The summed E-state index contributed by atoms with van der Waals surface area (Å²) in [4.78, 5) is 17.4. The number of carbonyl (C=O) groups is 1. The predicted molar refractivity (Wildman–Crippen MR) is 98.3 cm³/mol. The third kappa shape index (κ3) is 3.76. The van der Waals surface area contributed by atoms with Crippen LogP contribution in [0.3, 0.4) is 0 Å². The van der Waals surface area contributed by atoms with Gasteiger partial charge in [-0.1, -0.05) is 48.6 Å². The largest absolute Gasteiger partial charge is 0.496 e. The van der Waals surface area contributed by atoms with Crippen molar-refractivity contribution in [3.8, 4) is 5.75 Å². The summed E-state index contributed by atoms with van der Waals surface area (Å²) in [7, 11) is 1.63. The number of thiocarbonyl (C=S) groups is 1. The van der Waals surface area contributed by atoms with Gasteiger partial charge in [0, 0.05) is 5.56 Å². The van der Waals surface area contributed by atoms with Crippen LogP contribution < -0.4 is 4.74 Å². The summed E-state index contributed by atoms with van der Waals surface area (Å²) in [5, 5.41) is 0. The first kappa shape index (κ1) is 16.5. The molecule has 0 aromatic heterocycles. The van der Waals surface area contributed by atoms with E-state index in [0.29, 0.717) is 15.9 Å². The molecular formula is C17H20N2O2S2. The lowest BCUT2D eigenvalue weighted by Gasteiger charge is -2.29. The first-order chi connectivity index (χ1) is 11.2. The van der Waals surface area contributed by atoms with Crippen LogP contribution in [0.4, 0.5) is 0 Å². The van der Waals surface area contributed by atoms with Gasteiger partial charge in [0.25, 0.3) is 5.91 Å². The Balaban J connectivity index is 1.76. The number of likely N-dealkylation sites (tertiary alicyclic amines) is 1. The lowest BCUT2D eigenvalue weighted by molar-refractivity contribution is -0.123. The topological polar surface area (TPSA) is 32.8 Å². The highest BCUT2D eigenvalue weighted by atomic mass is 32.2. The monoisotopic (exact) mass is 348 g/mol. The molecule has 122 valence electrons. The zero-order valence-corrected chi connectivity index (χ0v) is 14.8. The number of ether oxygens (including phenoxy) is 1. The van der Waals surface area contributed by atoms with Gasteiger partial charge in [-0.15, -0.1) is 0 Å². The van der Waals surface area contributed by atoms with E-state index in [1.165, 1.54) is 31.0 Å². The summed E-state index contributed by atoms with van der Waals surface area (Å²) in [6.45, 7) is 2.69. The highest BCUT2D eigenvalue weighted by Gasteiger charge is 2.33. The molecule has 0 saturated carbocycles. The minimum absolute atomic E-state index is 0.00326. The molecule has 2 saturated heterocycles. The van der Waals surface area contributed by atoms with E-state index >= 15 is 0 Å². The number of benzene rings is 1. The van der Waals surface area contributed by atoms with E-state index < -0.39 is 0 Å². The van der Waals surface area contributed by atoms with Gasteiger partial charge in [-0.2, -0.15) is 0 Å². The van der Waals surface area contributed by atoms with Crippen molar-refractivity contribution in [2.75, 3.05) is 26.9 Å². The average molecular weight is 348 g/mol. The Kier molecular flexibility index (Phi) is 5.35. The minimum atomic E-state index is -0.00326. The van der Waals surface area contributed by atoms with Gasteiger partial charge in [0.2, 0.25) is 0 Å². The molecule has 1 aromatic rings. The number of nitrogens with zero attached hydrogens (tertiary/aromatic N) is 2. The van der Waals surface area contributed by atoms with Gasteiger partial charge in [-0.25, -0.2) is 0 Å². The number of para-hydroxylation sites is 1. The predicted octanol–water partition coefficient (Wildman–Crippen LogP) is 3.34. The third-order valence-corrected chi connectivity index (χ3v) is 5.47. The third-order valence-electron chi connectivity index (χ3n) is 4.09. The maximum atomic E-state index is 12.7. The number of hydrogen-bond acceptors (Lipinski definition) is 5. The summed E-state index contributed by atoms with van der Waals surface area (Å²) in [6.07, 6.45) is 5.55. The van der Waals surface area contributed by atoms with E-state index in [1.807, 2.05) is 30.3 Å². The molecule has 0 N–H and O–H groups in total. The molecule has 0 spiro atoms. The fourth-order valence-corrected chi connectivity index (χ4v) is 4.08. The number of methoxy groups -OCH3 is 1. The molecule has 6 heteroatoms. The van der Waals surface area contributed by atoms with Crippen molar-refractivity contribution in [3.63, 3.8) is 0 Å². The van der Waals surface area contributed by atoms with E-state index in [4.69, 9.17) is 17.0 Å². The number of amides is 1. The van der Waals surface area contributed by atoms with E-state index in [1.54, 1.807) is 12.0 Å². The SMILES string of the molecule is COc1ccccc1/C=C1\SC(=S)N(CN2CCCCC2)C1=O. The van der Waals surface area contributed by atoms with Gasteiger partial charge >= 0.3 is 0 Å². The number of hydrogen-bond donors (Lipinski definition) is 0. The molecule has 2 heterocycles. The van der Waals surface area contributed by atoms with Crippen molar-refractivity contribution in [1.82, 2.24) is 9.80 Å². The molecule has 0 unspecified atom stereocenters. The van der Waals surface area contributed by atoms with Gasteiger partial charge in [-0.3, -0.25) is 14.6 Å². The van der Waals surface area contributed by atoms with Crippen molar-refractivity contribution >= 4 is 40.3 Å². The quantitative estimate of drug-likeness (QED) is 0.616. The number of thioether (sulfide) groups is 1. The summed E-state index contributed by atoms with van der Waals surface area (Å²) in [6, 6.07) is 7.68. The number of piperidine rings is 1. The molecule has 0 atom stereocenters. The second-order valence-corrected chi connectivity index (χ2v) is 7.35. The molecule has 0 bridgehead atoms. The van der Waals surface area contributed by atoms with Crippen LogP contribution in [0, 0.1) is 0 Å². The van der Waals surface area contributed by atoms with Gasteiger partial charge < -0.3 is 4.74 Å². The van der Waals surface area contributed by atoms with Gasteiger partial charge in [-0.05, 0) is 38.1 Å². The molecule has 0 radical (unpaired) electrons. The Morgan fingerprint density at radius 1 is 1.26 bits per heavy atom. The van der Waals surface area contributed by atoms with Crippen LogP contribution in [0.2, 0.25) is 0 Å². The van der Waals surface area contributed by atoms with Gasteiger partial charge in [0.15, 0.2) is 0 Å². The van der Waals surface area contributed by atoms with Crippen LogP contribution in [0.15, 0.2) is 29.2 Å². The number of rotatable bonds is 4. The second kappa shape index (κ2) is 7.47. The van der Waals surface area contributed by atoms with Crippen LogP contribution >= 0.6 is 24.0 Å². The second-order valence-electron chi connectivity index (χ2n) is 5.67. The zero-order valence-electron chi connectivity index (χ0n) is 13.2.